The predicted molar refractivity (Wildman–Crippen MR) is 54.1 cm³/mol. The minimum absolute atomic E-state index is 0.00442. The molecule has 0 amide bonds. The second-order valence-electron chi connectivity index (χ2n) is 3.09. The van der Waals surface area contributed by atoms with Crippen LogP contribution in [0, 0.1) is 10.1 Å². The Labute approximate surface area is 95.2 Å². The van der Waals surface area contributed by atoms with Crippen molar-refractivity contribution in [3.63, 3.8) is 0 Å². The highest BCUT2D eigenvalue weighted by Crippen LogP contribution is 2.30. The van der Waals surface area contributed by atoms with Gasteiger partial charge in [-0.25, -0.2) is 0 Å². The van der Waals surface area contributed by atoms with E-state index in [1.165, 1.54) is 18.2 Å². The lowest BCUT2D eigenvalue weighted by Crippen LogP contribution is -2.06. The van der Waals surface area contributed by atoms with E-state index in [2.05, 4.69) is 4.74 Å². The Morgan fingerprint density at radius 1 is 1.47 bits per heavy atom. The molecular formula is C10H9F2NO4. The summed E-state index contributed by atoms with van der Waals surface area (Å²) < 4.78 is 28.4. The van der Waals surface area contributed by atoms with Gasteiger partial charge in [-0.1, -0.05) is 6.07 Å². The number of carbonyl (C=O) groups is 1. The highest BCUT2D eigenvalue weighted by Gasteiger charge is 2.19. The molecule has 7 heteroatoms. The van der Waals surface area contributed by atoms with Gasteiger partial charge >= 0.3 is 6.61 Å². The van der Waals surface area contributed by atoms with E-state index in [9.17, 15) is 23.7 Å². The van der Waals surface area contributed by atoms with Crippen molar-refractivity contribution in [2.45, 2.75) is 19.5 Å². The van der Waals surface area contributed by atoms with E-state index in [-0.39, 0.29) is 29.8 Å². The van der Waals surface area contributed by atoms with Crippen LogP contribution in [0.3, 0.4) is 0 Å². The highest BCUT2D eigenvalue weighted by molar-refractivity contribution is 5.55. The van der Waals surface area contributed by atoms with Gasteiger partial charge in [0.15, 0.2) is 0 Å². The van der Waals surface area contributed by atoms with Gasteiger partial charge < -0.3 is 9.53 Å². The first-order valence-corrected chi connectivity index (χ1v) is 4.71. The van der Waals surface area contributed by atoms with Crippen LogP contribution in [-0.2, 0) is 11.2 Å². The number of nitro groups is 1. The van der Waals surface area contributed by atoms with E-state index in [4.69, 9.17) is 0 Å². The average Bonchev–Trinajstić information content (AvgIpc) is 2.26. The van der Waals surface area contributed by atoms with Crippen LogP contribution in [0.2, 0.25) is 0 Å². The maximum absolute atomic E-state index is 12.1. The molecule has 0 atom stereocenters. The second-order valence-corrected chi connectivity index (χ2v) is 3.09. The molecule has 0 heterocycles. The van der Waals surface area contributed by atoms with Gasteiger partial charge in [-0.2, -0.15) is 8.78 Å². The quantitative estimate of drug-likeness (QED) is 0.438. The van der Waals surface area contributed by atoms with E-state index in [0.29, 0.717) is 6.29 Å². The Hall–Kier alpha value is -2.05. The number of aldehydes is 1. The Morgan fingerprint density at radius 2 is 2.18 bits per heavy atom. The molecule has 0 N–H and O–H groups in total. The fourth-order valence-electron chi connectivity index (χ4n) is 1.39. The first-order valence-electron chi connectivity index (χ1n) is 4.71. The van der Waals surface area contributed by atoms with Crippen molar-refractivity contribution in [1.82, 2.24) is 0 Å². The van der Waals surface area contributed by atoms with E-state index < -0.39 is 11.5 Å². The molecule has 0 aliphatic rings. The summed E-state index contributed by atoms with van der Waals surface area (Å²) in [4.78, 5) is 20.2. The van der Waals surface area contributed by atoms with Crippen molar-refractivity contribution in [1.29, 1.82) is 0 Å². The van der Waals surface area contributed by atoms with Gasteiger partial charge in [-0.3, -0.25) is 10.1 Å². The van der Waals surface area contributed by atoms with Crippen LogP contribution >= 0.6 is 0 Å². The van der Waals surface area contributed by atoms with Crippen molar-refractivity contribution in [3.8, 4) is 5.75 Å². The summed E-state index contributed by atoms with van der Waals surface area (Å²) >= 11 is 0. The first kappa shape index (κ1) is 13.0. The summed E-state index contributed by atoms with van der Waals surface area (Å²) in [5, 5.41) is 10.7. The monoisotopic (exact) mass is 245 g/mol. The largest absolute Gasteiger partial charge is 0.434 e. The lowest BCUT2D eigenvalue weighted by Gasteiger charge is -2.09. The van der Waals surface area contributed by atoms with Gasteiger partial charge in [0.2, 0.25) is 0 Å². The number of ether oxygens (including phenoxy) is 1. The van der Waals surface area contributed by atoms with Crippen molar-refractivity contribution in [3.05, 3.63) is 33.9 Å². The number of carbonyl (C=O) groups excluding carboxylic acids is 1. The Balaban J connectivity index is 3.13. The zero-order valence-corrected chi connectivity index (χ0v) is 8.64. The molecule has 92 valence electrons. The average molecular weight is 245 g/mol. The van der Waals surface area contributed by atoms with Crippen molar-refractivity contribution >= 4 is 12.0 Å². The number of hydrogen-bond donors (Lipinski definition) is 0. The third-order valence-corrected chi connectivity index (χ3v) is 2.03. The summed E-state index contributed by atoms with van der Waals surface area (Å²) in [6, 6.07) is 3.64. The van der Waals surface area contributed by atoms with Crippen LogP contribution in [0.15, 0.2) is 18.2 Å². The smallest absolute Gasteiger partial charge is 0.387 e. The number of benzene rings is 1. The maximum Gasteiger partial charge on any atom is 0.387 e. The topological polar surface area (TPSA) is 69.4 Å². The molecule has 5 nitrogen and oxygen atoms in total. The highest BCUT2D eigenvalue weighted by atomic mass is 19.3. The molecule has 1 aromatic carbocycles. The van der Waals surface area contributed by atoms with E-state index in [1.807, 2.05) is 0 Å². The molecule has 0 saturated heterocycles. The van der Waals surface area contributed by atoms with Crippen LogP contribution < -0.4 is 4.74 Å². The van der Waals surface area contributed by atoms with Crippen LogP contribution in [0.25, 0.3) is 0 Å². The van der Waals surface area contributed by atoms with Crippen molar-refractivity contribution < 1.29 is 23.2 Å². The number of alkyl halides is 2. The molecule has 17 heavy (non-hydrogen) atoms. The number of hydrogen-bond acceptors (Lipinski definition) is 4. The van der Waals surface area contributed by atoms with Crippen LogP contribution in [0.1, 0.15) is 12.0 Å². The minimum atomic E-state index is -3.06. The van der Waals surface area contributed by atoms with Crippen molar-refractivity contribution in [2.24, 2.45) is 0 Å². The Kier molecular flexibility index (Phi) is 4.50. The molecular weight excluding hydrogens is 236 g/mol. The molecule has 0 aliphatic carbocycles. The molecule has 1 aromatic rings. The van der Waals surface area contributed by atoms with Gasteiger partial charge in [0, 0.05) is 12.5 Å². The fraction of sp³-hybridized carbons (Fsp3) is 0.300. The second kappa shape index (κ2) is 5.88. The molecule has 0 spiro atoms. The van der Waals surface area contributed by atoms with E-state index >= 15 is 0 Å². The lowest BCUT2D eigenvalue weighted by atomic mass is 10.1. The zero-order valence-electron chi connectivity index (χ0n) is 8.64. The Morgan fingerprint density at radius 3 is 2.71 bits per heavy atom. The number of rotatable bonds is 6. The van der Waals surface area contributed by atoms with E-state index in [1.54, 1.807) is 0 Å². The molecule has 0 saturated carbocycles. The SMILES string of the molecule is O=CCCc1c(OC(F)F)cccc1[N+](=O)[O-]. The van der Waals surface area contributed by atoms with E-state index in [0.717, 1.165) is 0 Å². The van der Waals surface area contributed by atoms with Gasteiger partial charge in [-0.05, 0) is 12.5 Å². The standard InChI is InChI=1S/C10H9F2NO4/c11-10(12)17-9-5-1-4-8(13(15)16)7(9)3-2-6-14/h1,4-6,10H,2-3H2. The van der Waals surface area contributed by atoms with Crippen LogP contribution in [-0.4, -0.2) is 17.8 Å². The third-order valence-electron chi connectivity index (χ3n) is 2.03. The molecule has 0 aromatic heterocycles. The summed E-state index contributed by atoms with van der Waals surface area (Å²) in [5.41, 5.74) is -0.324. The predicted octanol–water partition coefficient (Wildman–Crippen LogP) is 2.33. The maximum atomic E-state index is 12.1. The van der Waals surface area contributed by atoms with Gasteiger partial charge in [-0.15, -0.1) is 0 Å². The summed E-state index contributed by atoms with van der Waals surface area (Å²) in [6.07, 6.45) is 0.552. The minimum Gasteiger partial charge on any atom is -0.434 e. The van der Waals surface area contributed by atoms with Gasteiger partial charge in [0.05, 0.1) is 10.5 Å². The number of halogens is 2. The fourth-order valence-corrected chi connectivity index (χ4v) is 1.39. The number of nitrogens with zero attached hydrogens (tertiary/aromatic N) is 1. The normalized spacial score (nSPS) is 10.3. The number of nitro benzene ring substituents is 1. The molecule has 0 unspecified atom stereocenters. The lowest BCUT2D eigenvalue weighted by molar-refractivity contribution is -0.385. The van der Waals surface area contributed by atoms with Crippen molar-refractivity contribution in [2.75, 3.05) is 0 Å². The van der Waals surface area contributed by atoms with Gasteiger partial charge in [0.25, 0.3) is 5.69 Å². The molecule has 0 radical (unpaired) electrons. The van der Waals surface area contributed by atoms with Crippen LogP contribution in [0.4, 0.5) is 14.5 Å². The summed E-state index contributed by atoms with van der Waals surface area (Å²) in [7, 11) is 0. The van der Waals surface area contributed by atoms with Gasteiger partial charge in [0.1, 0.15) is 12.0 Å². The summed E-state index contributed by atoms with van der Waals surface area (Å²) in [5.74, 6) is -0.268. The van der Waals surface area contributed by atoms with Crippen LogP contribution in [0.5, 0.6) is 5.75 Å². The molecule has 0 bridgehead atoms. The third kappa shape index (κ3) is 3.47. The summed E-state index contributed by atoms with van der Waals surface area (Å²) in [6.45, 7) is -3.06. The molecule has 0 aliphatic heterocycles. The molecule has 1 rings (SSSR count). The Bertz CT molecular complexity index is 423. The first-order chi connectivity index (χ1) is 8.06. The molecule has 0 fully saturated rings. The zero-order chi connectivity index (χ0) is 12.8.